The van der Waals surface area contributed by atoms with Crippen molar-refractivity contribution in [3.8, 4) is 6.07 Å². The lowest BCUT2D eigenvalue weighted by molar-refractivity contribution is -0.119. The normalized spacial score (nSPS) is 19.0. The number of hydrogen-bond donors (Lipinski definition) is 1. The molecule has 0 spiro atoms. The smallest absolute Gasteiger partial charge is 0.216 e. The molecule has 0 aromatic carbocycles. The third-order valence-corrected chi connectivity index (χ3v) is 3.96. The van der Waals surface area contributed by atoms with Gasteiger partial charge in [0.05, 0.1) is 18.4 Å². The third kappa shape index (κ3) is 3.22. The minimum atomic E-state index is -0.0629. The summed E-state index contributed by atoms with van der Waals surface area (Å²) in [5.41, 5.74) is 1.41. The van der Waals surface area contributed by atoms with E-state index in [1.807, 2.05) is 6.92 Å². The zero-order valence-electron chi connectivity index (χ0n) is 11.0. The minimum Gasteiger partial charge on any atom is -0.373 e. The predicted molar refractivity (Wildman–Crippen MR) is 72.2 cm³/mol. The van der Waals surface area contributed by atoms with Gasteiger partial charge < -0.3 is 15.0 Å². The molecule has 1 fully saturated rings. The maximum Gasteiger partial charge on any atom is 0.216 e. The fourth-order valence-corrected chi connectivity index (χ4v) is 2.87. The van der Waals surface area contributed by atoms with E-state index in [-0.39, 0.29) is 12.0 Å². The number of anilines is 1. The summed E-state index contributed by atoms with van der Waals surface area (Å²) < 4.78 is 9.83. The van der Waals surface area contributed by atoms with Crippen molar-refractivity contribution in [3.63, 3.8) is 0 Å². The summed E-state index contributed by atoms with van der Waals surface area (Å²) in [6.45, 7) is 5.82. The number of morpholine rings is 1. The van der Waals surface area contributed by atoms with E-state index in [9.17, 15) is 4.79 Å². The van der Waals surface area contributed by atoms with Gasteiger partial charge in [-0.25, -0.2) is 0 Å². The number of aromatic nitrogens is 1. The summed E-state index contributed by atoms with van der Waals surface area (Å²) in [5, 5.41) is 12.8. The monoisotopic (exact) mass is 280 g/mol. The van der Waals surface area contributed by atoms with E-state index >= 15 is 0 Å². The Kier molecular flexibility index (Phi) is 4.35. The Balaban J connectivity index is 2.04. The summed E-state index contributed by atoms with van der Waals surface area (Å²) >= 11 is 1.34. The molecule has 0 aliphatic carbocycles. The average Bonchev–Trinajstić information content (AvgIpc) is 2.78. The summed E-state index contributed by atoms with van der Waals surface area (Å²) in [6.07, 6.45) is -0.0494. The fourth-order valence-electron chi connectivity index (χ4n) is 1.99. The molecule has 1 N–H and O–H groups in total. The Hall–Kier alpha value is -1.65. The SMILES string of the molecule is CC(=O)NCC1CN(c2snc(C)c2C#N)CCO1. The molecule has 102 valence electrons. The van der Waals surface area contributed by atoms with Gasteiger partial charge in [0.15, 0.2) is 0 Å². The topological polar surface area (TPSA) is 78.3 Å². The number of amides is 1. The van der Waals surface area contributed by atoms with E-state index in [0.717, 1.165) is 17.2 Å². The van der Waals surface area contributed by atoms with E-state index in [0.29, 0.717) is 25.3 Å². The summed E-state index contributed by atoms with van der Waals surface area (Å²) in [7, 11) is 0. The van der Waals surface area contributed by atoms with Crippen LogP contribution in [-0.2, 0) is 9.53 Å². The highest BCUT2D eigenvalue weighted by molar-refractivity contribution is 7.10. The van der Waals surface area contributed by atoms with Gasteiger partial charge in [0, 0.05) is 26.6 Å². The Bertz CT molecular complexity index is 508. The Morgan fingerprint density at radius 1 is 1.74 bits per heavy atom. The molecule has 2 heterocycles. The second kappa shape index (κ2) is 5.99. The van der Waals surface area contributed by atoms with Crippen molar-refractivity contribution < 1.29 is 9.53 Å². The maximum atomic E-state index is 10.9. The van der Waals surface area contributed by atoms with Crippen LogP contribution in [0.3, 0.4) is 0 Å². The third-order valence-electron chi connectivity index (χ3n) is 2.96. The van der Waals surface area contributed by atoms with Crippen molar-refractivity contribution in [2.75, 3.05) is 31.1 Å². The standard InChI is InChI=1S/C12H16N4O2S/c1-8-11(5-13)12(19-15-8)16-3-4-18-10(7-16)6-14-9(2)17/h10H,3-4,6-7H2,1-2H3,(H,14,17). The van der Waals surface area contributed by atoms with Gasteiger partial charge in [-0.3, -0.25) is 4.79 Å². The first-order chi connectivity index (χ1) is 9.11. The second-order valence-electron chi connectivity index (χ2n) is 4.44. The molecule has 6 nitrogen and oxygen atoms in total. The quantitative estimate of drug-likeness (QED) is 0.880. The zero-order chi connectivity index (χ0) is 13.8. The number of rotatable bonds is 3. The average molecular weight is 280 g/mol. The maximum absolute atomic E-state index is 10.9. The number of nitrogens with zero attached hydrogens (tertiary/aromatic N) is 3. The van der Waals surface area contributed by atoms with Crippen LogP contribution in [-0.4, -0.2) is 42.6 Å². The number of ether oxygens (including phenoxy) is 1. The van der Waals surface area contributed by atoms with Crippen molar-refractivity contribution in [2.24, 2.45) is 0 Å². The first-order valence-corrected chi connectivity index (χ1v) is 6.86. The Labute approximate surface area is 116 Å². The van der Waals surface area contributed by atoms with Gasteiger partial charge in [-0.15, -0.1) is 0 Å². The van der Waals surface area contributed by atoms with Gasteiger partial charge in [-0.05, 0) is 18.5 Å². The van der Waals surface area contributed by atoms with Crippen molar-refractivity contribution in [1.29, 1.82) is 5.26 Å². The van der Waals surface area contributed by atoms with Crippen molar-refractivity contribution in [3.05, 3.63) is 11.3 Å². The molecule has 1 aromatic heterocycles. The van der Waals surface area contributed by atoms with Crippen LogP contribution in [0, 0.1) is 18.3 Å². The van der Waals surface area contributed by atoms with Crippen molar-refractivity contribution in [1.82, 2.24) is 9.69 Å². The van der Waals surface area contributed by atoms with Gasteiger partial charge >= 0.3 is 0 Å². The van der Waals surface area contributed by atoms with E-state index in [2.05, 4.69) is 20.7 Å². The largest absolute Gasteiger partial charge is 0.373 e. The molecule has 1 atom stereocenters. The molecule has 1 aliphatic rings. The minimum absolute atomic E-state index is 0.0494. The van der Waals surface area contributed by atoms with Crippen molar-refractivity contribution >= 4 is 22.4 Å². The molecule has 1 saturated heterocycles. The molecular weight excluding hydrogens is 264 g/mol. The molecule has 1 aromatic rings. The summed E-state index contributed by atoms with van der Waals surface area (Å²) in [6, 6.07) is 2.20. The highest BCUT2D eigenvalue weighted by Crippen LogP contribution is 2.29. The first-order valence-electron chi connectivity index (χ1n) is 6.09. The van der Waals surface area contributed by atoms with E-state index in [1.165, 1.54) is 18.5 Å². The van der Waals surface area contributed by atoms with E-state index in [1.54, 1.807) is 0 Å². The lowest BCUT2D eigenvalue weighted by Gasteiger charge is -2.33. The van der Waals surface area contributed by atoms with E-state index in [4.69, 9.17) is 10.00 Å². The molecule has 1 amide bonds. The molecule has 7 heteroatoms. The number of nitrogens with one attached hydrogen (secondary N) is 1. The van der Waals surface area contributed by atoms with Crippen LogP contribution in [0.25, 0.3) is 0 Å². The first kappa shape index (κ1) is 13.8. The van der Waals surface area contributed by atoms with Gasteiger partial charge in [0.25, 0.3) is 0 Å². The fraction of sp³-hybridized carbons (Fsp3) is 0.583. The lowest BCUT2D eigenvalue weighted by Crippen LogP contribution is -2.47. The number of carbonyl (C=O) groups excluding carboxylic acids is 1. The van der Waals surface area contributed by atoms with E-state index < -0.39 is 0 Å². The van der Waals surface area contributed by atoms with Crippen LogP contribution in [0.5, 0.6) is 0 Å². The second-order valence-corrected chi connectivity index (χ2v) is 5.19. The van der Waals surface area contributed by atoms with Gasteiger partial charge in [-0.1, -0.05) is 0 Å². The van der Waals surface area contributed by atoms with Crippen LogP contribution in [0.2, 0.25) is 0 Å². The van der Waals surface area contributed by atoms with Crippen LogP contribution in [0.15, 0.2) is 0 Å². The molecule has 1 unspecified atom stereocenters. The summed E-state index contributed by atoms with van der Waals surface area (Å²) in [4.78, 5) is 13.0. The van der Waals surface area contributed by atoms with Crippen LogP contribution in [0.1, 0.15) is 18.2 Å². The Morgan fingerprint density at radius 2 is 2.53 bits per heavy atom. The number of aryl methyl sites for hydroxylation is 1. The van der Waals surface area contributed by atoms with Crippen LogP contribution < -0.4 is 10.2 Å². The van der Waals surface area contributed by atoms with Gasteiger partial charge in [-0.2, -0.15) is 9.64 Å². The van der Waals surface area contributed by atoms with Crippen LogP contribution in [0.4, 0.5) is 5.00 Å². The number of hydrogen-bond acceptors (Lipinski definition) is 6. The molecule has 0 bridgehead atoms. The molecule has 2 rings (SSSR count). The zero-order valence-corrected chi connectivity index (χ0v) is 11.8. The molecule has 19 heavy (non-hydrogen) atoms. The predicted octanol–water partition coefficient (Wildman–Crippen LogP) is 0.664. The number of nitriles is 1. The number of carbonyl (C=O) groups is 1. The van der Waals surface area contributed by atoms with Crippen LogP contribution >= 0.6 is 11.5 Å². The van der Waals surface area contributed by atoms with Gasteiger partial charge in [0.2, 0.25) is 5.91 Å². The molecule has 0 saturated carbocycles. The molecular formula is C12H16N4O2S. The Morgan fingerprint density at radius 3 is 3.21 bits per heavy atom. The van der Waals surface area contributed by atoms with Crippen molar-refractivity contribution in [2.45, 2.75) is 20.0 Å². The highest BCUT2D eigenvalue weighted by Gasteiger charge is 2.24. The summed E-state index contributed by atoms with van der Waals surface area (Å²) in [5.74, 6) is -0.0629. The molecule has 0 radical (unpaired) electrons. The highest BCUT2D eigenvalue weighted by atomic mass is 32.1. The van der Waals surface area contributed by atoms with Gasteiger partial charge in [0.1, 0.15) is 16.6 Å². The lowest BCUT2D eigenvalue weighted by atomic mass is 10.2. The molecule has 1 aliphatic heterocycles.